The maximum absolute atomic E-state index is 13.1. The zero-order chi connectivity index (χ0) is 21.5. The third-order valence-electron chi connectivity index (χ3n) is 6.31. The zero-order valence-corrected chi connectivity index (χ0v) is 18.3. The maximum Gasteiger partial charge on any atom is 0.224 e. The van der Waals surface area contributed by atoms with E-state index < -0.39 is 0 Å². The van der Waals surface area contributed by atoms with Crippen molar-refractivity contribution in [3.05, 3.63) is 107 Å². The highest BCUT2D eigenvalue weighted by Gasteiger charge is 2.32. The Balaban J connectivity index is 1.48. The molecule has 1 fully saturated rings. The van der Waals surface area contributed by atoms with E-state index >= 15 is 0 Å². The standard InChI is InChI=1S/C28H32N2O/c1-2-22-13-15-25(16-14-22)26-17-27(28(31)29-18-23-9-5-3-6-10-23)21-30(20-26)19-24-11-7-4-8-12-24/h3-16,26-27H,2,17-21H2,1H3,(H,29,31). The van der Waals surface area contributed by atoms with E-state index in [1.54, 1.807) is 0 Å². The number of hydrogen-bond acceptors (Lipinski definition) is 2. The number of piperidine rings is 1. The predicted octanol–water partition coefficient (Wildman–Crippen LogP) is 5.17. The average Bonchev–Trinajstić information content (AvgIpc) is 2.83. The summed E-state index contributed by atoms with van der Waals surface area (Å²) in [7, 11) is 0. The number of nitrogens with one attached hydrogen (secondary N) is 1. The van der Waals surface area contributed by atoms with Gasteiger partial charge >= 0.3 is 0 Å². The van der Waals surface area contributed by atoms with Crippen molar-refractivity contribution in [3.63, 3.8) is 0 Å². The van der Waals surface area contributed by atoms with E-state index in [4.69, 9.17) is 0 Å². The number of rotatable bonds is 7. The van der Waals surface area contributed by atoms with E-state index in [-0.39, 0.29) is 11.8 Å². The van der Waals surface area contributed by atoms with E-state index in [0.29, 0.717) is 12.5 Å². The Morgan fingerprint density at radius 2 is 1.48 bits per heavy atom. The van der Waals surface area contributed by atoms with Crippen molar-refractivity contribution in [1.29, 1.82) is 0 Å². The summed E-state index contributed by atoms with van der Waals surface area (Å²) in [6.45, 7) is 5.45. The number of likely N-dealkylation sites (tertiary alicyclic amines) is 1. The van der Waals surface area contributed by atoms with Crippen LogP contribution < -0.4 is 5.32 Å². The third-order valence-corrected chi connectivity index (χ3v) is 6.31. The zero-order valence-electron chi connectivity index (χ0n) is 18.3. The van der Waals surface area contributed by atoms with Gasteiger partial charge in [-0.05, 0) is 41.0 Å². The molecule has 160 valence electrons. The molecular formula is C28H32N2O. The first-order valence-electron chi connectivity index (χ1n) is 11.4. The predicted molar refractivity (Wildman–Crippen MR) is 127 cm³/mol. The fourth-order valence-corrected chi connectivity index (χ4v) is 4.55. The molecule has 2 unspecified atom stereocenters. The highest BCUT2D eigenvalue weighted by atomic mass is 16.1. The largest absolute Gasteiger partial charge is 0.352 e. The number of benzene rings is 3. The first-order valence-corrected chi connectivity index (χ1v) is 11.4. The first-order chi connectivity index (χ1) is 15.2. The van der Waals surface area contributed by atoms with Crippen LogP contribution in [0.2, 0.25) is 0 Å². The van der Waals surface area contributed by atoms with Crippen LogP contribution in [0.1, 0.15) is 41.5 Å². The van der Waals surface area contributed by atoms with Crippen molar-refractivity contribution >= 4 is 5.91 Å². The van der Waals surface area contributed by atoms with E-state index in [1.165, 1.54) is 16.7 Å². The van der Waals surface area contributed by atoms with Gasteiger partial charge in [-0.1, -0.05) is 91.9 Å². The molecule has 1 saturated heterocycles. The minimum atomic E-state index is -0.00275. The molecule has 1 aliphatic rings. The van der Waals surface area contributed by atoms with E-state index in [2.05, 4.69) is 83.9 Å². The van der Waals surface area contributed by atoms with Gasteiger partial charge in [-0.2, -0.15) is 0 Å². The van der Waals surface area contributed by atoms with Gasteiger partial charge in [0.25, 0.3) is 0 Å². The van der Waals surface area contributed by atoms with Crippen LogP contribution in [0.5, 0.6) is 0 Å². The Kier molecular flexibility index (Phi) is 7.16. The van der Waals surface area contributed by atoms with Crippen LogP contribution in [-0.2, 0) is 24.3 Å². The lowest BCUT2D eigenvalue weighted by Gasteiger charge is -2.37. The van der Waals surface area contributed by atoms with Crippen molar-refractivity contribution in [2.75, 3.05) is 13.1 Å². The van der Waals surface area contributed by atoms with Crippen molar-refractivity contribution in [2.45, 2.75) is 38.8 Å². The Bertz CT molecular complexity index is 953. The van der Waals surface area contributed by atoms with Crippen molar-refractivity contribution in [1.82, 2.24) is 10.2 Å². The average molecular weight is 413 g/mol. The molecule has 0 saturated carbocycles. The van der Waals surface area contributed by atoms with Crippen LogP contribution in [0.15, 0.2) is 84.9 Å². The number of carbonyl (C=O) groups is 1. The molecular weight excluding hydrogens is 380 g/mol. The van der Waals surface area contributed by atoms with Crippen molar-refractivity contribution in [3.8, 4) is 0 Å². The first kappa shape index (κ1) is 21.3. The van der Waals surface area contributed by atoms with Gasteiger partial charge in [-0.3, -0.25) is 9.69 Å². The summed E-state index contributed by atoms with van der Waals surface area (Å²) < 4.78 is 0. The molecule has 3 nitrogen and oxygen atoms in total. The quantitative estimate of drug-likeness (QED) is 0.581. The molecule has 0 aliphatic carbocycles. The van der Waals surface area contributed by atoms with Gasteiger partial charge in [0.05, 0.1) is 5.92 Å². The van der Waals surface area contributed by atoms with Crippen LogP contribution >= 0.6 is 0 Å². The molecule has 1 heterocycles. The van der Waals surface area contributed by atoms with Crippen LogP contribution in [0, 0.1) is 5.92 Å². The summed E-state index contributed by atoms with van der Waals surface area (Å²) in [5.74, 6) is 0.532. The monoisotopic (exact) mass is 412 g/mol. The Hall–Kier alpha value is -2.91. The molecule has 31 heavy (non-hydrogen) atoms. The number of amides is 1. The number of aryl methyl sites for hydroxylation is 1. The van der Waals surface area contributed by atoms with E-state index in [0.717, 1.165) is 38.0 Å². The Labute approximate surface area is 186 Å². The van der Waals surface area contributed by atoms with Gasteiger partial charge in [-0.25, -0.2) is 0 Å². The van der Waals surface area contributed by atoms with Gasteiger partial charge in [-0.15, -0.1) is 0 Å². The minimum absolute atomic E-state index is 0.00275. The highest BCUT2D eigenvalue weighted by molar-refractivity contribution is 5.79. The van der Waals surface area contributed by atoms with Crippen LogP contribution in [0.3, 0.4) is 0 Å². The lowest BCUT2D eigenvalue weighted by molar-refractivity contribution is -0.127. The minimum Gasteiger partial charge on any atom is -0.352 e. The third kappa shape index (κ3) is 5.83. The van der Waals surface area contributed by atoms with Gasteiger partial charge in [0, 0.05) is 26.2 Å². The molecule has 3 aromatic rings. The smallest absolute Gasteiger partial charge is 0.224 e. The second kappa shape index (κ2) is 10.4. The van der Waals surface area contributed by atoms with Gasteiger partial charge in [0.2, 0.25) is 5.91 Å². The molecule has 3 heteroatoms. The summed E-state index contributed by atoms with van der Waals surface area (Å²) in [5, 5.41) is 3.18. The van der Waals surface area contributed by atoms with Crippen molar-refractivity contribution < 1.29 is 4.79 Å². The Morgan fingerprint density at radius 3 is 2.13 bits per heavy atom. The topological polar surface area (TPSA) is 32.3 Å². The van der Waals surface area contributed by atoms with Crippen LogP contribution in [0.25, 0.3) is 0 Å². The maximum atomic E-state index is 13.1. The molecule has 0 radical (unpaired) electrons. The van der Waals surface area contributed by atoms with Gasteiger partial charge < -0.3 is 5.32 Å². The molecule has 1 N–H and O–H groups in total. The summed E-state index contributed by atoms with van der Waals surface area (Å²) in [5.41, 5.74) is 5.14. The summed E-state index contributed by atoms with van der Waals surface area (Å²) in [6.07, 6.45) is 1.95. The molecule has 1 aliphatic heterocycles. The second-order valence-electron chi connectivity index (χ2n) is 8.61. The molecule has 3 aromatic carbocycles. The lowest BCUT2D eigenvalue weighted by atomic mass is 9.83. The SMILES string of the molecule is CCc1ccc(C2CC(C(=O)NCc3ccccc3)CN(Cc3ccccc3)C2)cc1. The van der Waals surface area contributed by atoms with Gasteiger partial charge in [0.15, 0.2) is 0 Å². The van der Waals surface area contributed by atoms with Gasteiger partial charge in [0.1, 0.15) is 0 Å². The molecule has 2 atom stereocenters. The number of nitrogens with zero attached hydrogens (tertiary/aromatic N) is 1. The summed E-state index contributed by atoms with van der Waals surface area (Å²) in [6, 6.07) is 29.7. The molecule has 0 spiro atoms. The van der Waals surface area contributed by atoms with E-state index in [9.17, 15) is 4.79 Å². The molecule has 1 amide bonds. The van der Waals surface area contributed by atoms with Crippen LogP contribution in [0.4, 0.5) is 0 Å². The fraction of sp³-hybridized carbons (Fsp3) is 0.321. The van der Waals surface area contributed by atoms with Crippen molar-refractivity contribution in [2.24, 2.45) is 5.92 Å². The number of carbonyl (C=O) groups excluding carboxylic acids is 1. The fourth-order valence-electron chi connectivity index (χ4n) is 4.55. The summed E-state index contributed by atoms with van der Waals surface area (Å²) in [4.78, 5) is 15.6. The highest BCUT2D eigenvalue weighted by Crippen LogP contribution is 2.31. The molecule has 4 rings (SSSR count). The Morgan fingerprint density at radius 1 is 0.839 bits per heavy atom. The summed E-state index contributed by atoms with van der Waals surface area (Å²) >= 11 is 0. The second-order valence-corrected chi connectivity index (χ2v) is 8.61. The van der Waals surface area contributed by atoms with Crippen LogP contribution in [-0.4, -0.2) is 23.9 Å². The normalized spacial score (nSPS) is 19.1. The lowest BCUT2D eigenvalue weighted by Crippen LogP contribution is -2.45. The number of hydrogen-bond donors (Lipinski definition) is 1. The van der Waals surface area contributed by atoms with E-state index in [1.807, 2.05) is 18.2 Å². The molecule has 0 aromatic heterocycles. The molecule has 0 bridgehead atoms.